The van der Waals surface area contributed by atoms with Gasteiger partial charge in [-0.25, -0.2) is 4.79 Å². The van der Waals surface area contributed by atoms with Gasteiger partial charge in [0.1, 0.15) is 5.75 Å². The number of para-hydroxylation sites is 1. The molecule has 0 saturated heterocycles. The summed E-state index contributed by atoms with van der Waals surface area (Å²) in [5, 5.41) is 5.75. The van der Waals surface area contributed by atoms with Gasteiger partial charge in [0.05, 0.1) is 7.11 Å². The zero-order valence-electron chi connectivity index (χ0n) is 13.8. The molecule has 0 saturated carbocycles. The van der Waals surface area contributed by atoms with Gasteiger partial charge >= 0.3 is 6.03 Å². The van der Waals surface area contributed by atoms with Crippen LogP contribution in [0.4, 0.5) is 4.79 Å². The monoisotopic (exact) mass is 312 g/mol. The topological polar surface area (TPSA) is 50.4 Å². The van der Waals surface area contributed by atoms with Gasteiger partial charge in [0.2, 0.25) is 0 Å². The average molecular weight is 312 g/mol. The zero-order valence-corrected chi connectivity index (χ0v) is 13.8. The predicted octanol–water partition coefficient (Wildman–Crippen LogP) is 3.09. The van der Waals surface area contributed by atoms with Crippen molar-refractivity contribution in [2.45, 2.75) is 19.8 Å². The molecule has 2 aromatic carbocycles. The molecule has 2 aromatic rings. The summed E-state index contributed by atoms with van der Waals surface area (Å²) >= 11 is 0. The Kier molecular flexibility index (Phi) is 6.48. The smallest absolute Gasteiger partial charge is 0.314 e. The summed E-state index contributed by atoms with van der Waals surface area (Å²) < 4.78 is 5.30. The molecule has 0 bridgehead atoms. The Morgan fingerprint density at radius 3 is 2.30 bits per heavy atom. The lowest BCUT2D eigenvalue weighted by Gasteiger charge is -2.10. The van der Waals surface area contributed by atoms with Crippen molar-refractivity contribution in [1.82, 2.24) is 10.6 Å². The van der Waals surface area contributed by atoms with Gasteiger partial charge in [0.15, 0.2) is 0 Å². The van der Waals surface area contributed by atoms with Gasteiger partial charge in [-0.3, -0.25) is 0 Å². The molecule has 0 radical (unpaired) electrons. The summed E-state index contributed by atoms with van der Waals surface area (Å²) in [6.45, 7) is 3.28. The fourth-order valence-electron chi connectivity index (χ4n) is 2.36. The molecule has 0 heterocycles. The fourth-order valence-corrected chi connectivity index (χ4v) is 2.36. The second-order valence-corrected chi connectivity index (χ2v) is 5.48. The van der Waals surface area contributed by atoms with E-state index in [1.165, 1.54) is 11.1 Å². The van der Waals surface area contributed by atoms with Crippen LogP contribution in [-0.4, -0.2) is 26.2 Å². The van der Waals surface area contributed by atoms with Crippen molar-refractivity contribution in [3.05, 3.63) is 65.2 Å². The van der Waals surface area contributed by atoms with Crippen LogP contribution in [0.5, 0.6) is 5.75 Å². The Morgan fingerprint density at radius 1 is 0.957 bits per heavy atom. The molecule has 122 valence electrons. The molecule has 2 amide bonds. The third kappa shape index (κ3) is 5.66. The summed E-state index contributed by atoms with van der Waals surface area (Å²) in [5.41, 5.74) is 3.57. The minimum Gasteiger partial charge on any atom is -0.496 e. The summed E-state index contributed by atoms with van der Waals surface area (Å²) in [4.78, 5) is 11.8. The number of carbonyl (C=O) groups excluding carboxylic acids is 1. The van der Waals surface area contributed by atoms with E-state index in [9.17, 15) is 4.79 Å². The quantitative estimate of drug-likeness (QED) is 0.825. The highest BCUT2D eigenvalue weighted by molar-refractivity contribution is 5.73. The first kappa shape index (κ1) is 16.9. The number of amides is 2. The maximum atomic E-state index is 11.8. The molecule has 0 aliphatic carbocycles. The Labute approximate surface area is 137 Å². The first-order valence-corrected chi connectivity index (χ1v) is 7.88. The molecule has 23 heavy (non-hydrogen) atoms. The third-order valence-electron chi connectivity index (χ3n) is 3.69. The molecule has 2 N–H and O–H groups in total. The number of benzene rings is 2. The molecule has 0 unspecified atom stereocenters. The van der Waals surface area contributed by atoms with Gasteiger partial charge in [0, 0.05) is 13.1 Å². The first-order valence-electron chi connectivity index (χ1n) is 7.88. The molecular weight excluding hydrogens is 288 g/mol. The molecule has 4 nitrogen and oxygen atoms in total. The van der Waals surface area contributed by atoms with Crippen molar-refractivity contribution in [2.75, 3.05) is 20.2 Å². The number of rotatable bonds is 7. The highest BCUT2D eigenvalue weighted by atomic mass is 16.5. The summed E-state index contributed by atoms with van der Waals surface area (Å²) in [7, 11) is 1.66. The van der Waals surface area contributed by atoms with Crippen LogP contribution in [0.3, 0.4) is 0 Å². The summed E-state index contributed by atoms with van der Waals surface area (Å²) in [5.74, 6) is 0.856. The maximum absolute atomic E-state index is 11.8. The molecular formula is C19H24N2O2. The number of aryl methyl sites for hydroxylation is 1. The lowest BCUT2D eigenvalue weighted by Crippen LogP contribution is -2.37. The standard InChI is InChI=1S/C19H24N2O2/c1-15-7-9-16(10-8-15)11-13-20-19(22)21-14-12-17-5-3-4-6-18(17)23-2/h3-10H,11-14H2,1-2H3,(H2,20,21,22). The minimum absolute atomic E-state index is 0.132. The van der Waals surface area contributed by atoms with Crippen LogP contribution in [0, 0.1) is 6.92 Å². The normalized spacial score (nSPS) is 10.2. The lowest BCUT2D eigenvalue weighted by molar-refractivity contribution is 0.241. The maximum Gasteiger partial charge on any atom is 0.314 e. The number of hydrogen-bond acceptors (Lipinski definition) is 2. The highest BCUT2D eigenvalue weighted by Gasteiger charge is 2.03. The van der Waals surface area contributed by atoms with Crippen LogP contribution in [0.1, 0.15) is 16.7 Å². The van der Waals surface area contributed by atoms with Gasteiger partial charge in [-0.15, -0.1) is 0 Å². The summed E-state index contributed by atoms with van der Waals surface area (Å²) in [6.07, 6.45) is 1.58. The van der Waals surface area contributed by atoms with Gasteiger partial charge < -0.3 is 15.4 Å². The number of nitrogens with one attached hydrogen (secondary N) is 2. The second kappa shape index (κ2) is 8.83. The van der Waals surface area contributed by atoms with Crippen molar-refractivity contribution in [3.8, 4) is 5.75 Å². The highest BCUT2D eigenvalue weighted by Crippen LogP contribution is 2.17. The Balaban J connectivity index is 1.66. The molecule has 0 fully saturated rings. The van der Waals surface area contributed by atoms with Crippen LogP contribution in [0.25, 0.3) is 0 Å². The second-order valence-electron chi connectivity index (χ2n) is 5.48. The van der Waals surface area contributed by atoms with Crippen molar-refractivity contribution in [1.29, 1.82) is 0 Å². The van der Waals surface area contributed by atoms with Gasteiger partial charge in [0.25, 0.3) is 0 Å². The van der Waals surface area contributed by atoms with Crippen LogP contribution in [-0.2, 0) is 12.8 Å². The van der Waals surface area contributed by atoms with Crippen molar-refractivity contribution < 1.29 is 9.53 Å². The molecule has 0 aromatic heterocycles. The molecule has 0 atom stereocenters. The van der Waals surface area contributed by atoms with Gasteiger partial charge in [-0.1, -0.05) is 48.0 Å². The molecule has 0 aliphatic rings. The Bertz CT molecular complexity index is 624. The van der Waals surface area contributed by atoms with Gasteiger partial charge in [-0.2, -0.15) is 0 Å². The number of carbonyl (C=O) groups is 1. The molecule has 0 spiro atoms. The minimum atomic E-state index is -0.132. The number of hydrogen-bond donors (Lipinski definition) is 2. The number of methoxy groups -OCH3 is 1. The van der Waals surface area contributed by atoms with E-state index in [2.05, 4.69) is 41.8 Å². The summed E-state index contributed by atoms with van der Waals surface area (Å²) in [6, 6.07) is 16.1. The number of ether oxygens (including phenoxy) is 1. The predicted molar refractivity (Wildman–Crippen MR) is 93.0 cm³/mol. The largest absolute Gasteiger partial charge is 0.496 e. The van der Waals surface area contributed by atoms with Crippen molar-refractivity contribution in [2.24, 2.45) is 0 Å². The van der Waals surface area contributed by atoms with E-state index < -0.39 is 0 Å². The molecule has 0 aliphatic heterocycles. The van der Waals surface area contributed by atoms with Crippen LogP contribution in [0.2, 0.25) is 0 Å². The average Bonchev–Trinajstić information content (AvgIpc) is 2.57. The van der Waals surface area contributed by atoms with E-state index in [1.807, 2.05) is 24.3 Å². The third-order valence-corrected chi connectivity index (χ3v) is 3.69. The zero-order chi connectivity index (χ0) is 16.5. The van der Waals surface area contributed by atoms with Gasteiger partial charge in [-0.05, 0) is 37.0 Å². The molecule has 2 rings (SSSR count). The van der Waals surface area contributed by atoms with Crippen molar-refractivity contribution >= 4 is 6.03 Å². The van der Waals surface area contributed by atoms with E-state index >= 15 is 0 Å². The van der Waals surface area contributed by atoms with Crippen LogP contribution in [0.15, 0.2) is 48.5 Å². The van der Waals surface area contributed by atoms with E-state index in [4.69, 9.17) is 4.74 Å². The van der Waals surface area contributed by atoms with E-state index in [0.717, 1.165) is 24.2 Å². The Morgan fingerprint density at radius 2 is 1.61 bits per heavy atom. The van der Waals surface area contributed by atoms with Crippen LogP contribution >= 0.6 is 0 Å². The number of urea groups is 1. The first-order chi connectivity index (χ1) is 11.2. The Hall–Kier alpha value is -2.49. The van der Waals surface area contributed by atoms with E-state index in [0.29, 0.717) is 13.1 Å². The SMILES string of the molecule is COc1ccccc1CCNC(=O)NCCc1ccc(C)cc1. The lowest BCUT2D eigenvalue weighted by atomic mass is 10.1. The fraction of sp³-hybridized carbons (Fsp3) is 0.316. The molecule has 4 heteroatoms. The van der Waals surface area contributed by atoms with E-state index in [1.54, 1.807) is 7.11 Å². The van der Waals surface area contributed by atoms with Crippen LogP contribution < -0.4 is 15.4 Å². The van der Waals surface area contributed by atoms with E-state index in [-0.39, 0.29) is 6.03 Å². The van der Waals surface area contributed by atoms with Crippen molar-refractivity contribution in [3.63, 3.8) is 0 Å².